The molecule has 1 saturated heterocycles. The molecule has 2 aliphatic heterocycles. The van der Waals surface area contributed by atoms with E-state index in [1.54, 1.807) is 0 Å². The average Bonchev–Trinajstić information content (AvgIpc) is 2.52. The fourth-order valence-corrected chi connectivity index (χ4v) is 2.80. The second-order valence-corrected chi connectivity index (χ2v) is 5.94. The van der Waals surface area contributed by atoms with Gasteiger partial charge in [0, 0.05) is 13.1 Å². The number of aliphatic hydroxyl groups excluding tert-OH is 1. The number of anilines is 2. The molecule has 2 aliphatic rings. The quantitative estimate of drug-likeness (QED) is 0.867. The maximum atomic E-state index is 12.0. The zero-order valence-electron chi connectivity index (χ0n) is 11.6. The molecule has 2 N–H and O–H groups in total. The van der Waals surface area contributed by atoms with E-state index in [1.165, 1.54) is 0 Å². The first kappa shape index (κ1) is 13.4. The van der Waals surface area contributed by atoms with Crippen LogP contribution in [0.25, 0.3) is 0 Å². The van der Waals surface area contributed by atoms with Crippen LogP contribution in [0.15, 0.2) is 24.3 Å². The van der Waals surface area contributed by atoms with E-state index in [9.17, 15) is 9.90 Å². The first-order chi connectivity index (χ1) is 9.63. The predicted molar refractivity (Wildman–Crippen MR) is 76.8 cm³/mol. The highest BCUT2D eigenvalue weighted by Crippen LogP contribution is 2.35. The van der Waals surface area contributed by atoms with Crippen molar-refractivity contribution < 1.29 is 14.6 Å². The summed E-state index contributed by atoms with van der Waals surface area (Å²) in [7, 11) is 0. The first-order valence-electron chi connectivity index (χ1n) is 6.97. The lowest BCUT2D eigenvalue weighted by atomic mass is 9.86. The van der Waals surface area contributed by atoms with E-state index in [2.05, 4.69) is 10.2 Å². The zero-order valence-corrected chi connectivity index (χ0v) is 11.6. The SMILES string of the molecule is CC1CN(CC2(CO)COC2)c2ccccc2NC1=O. The fourth-order valence-electron chi connectivity index (χ4n) is 2.80. The highest BCUT2D eigenvalue weighted by molar-refractivity contribution is 5.97. The minimum atomic E-state index is -0.194. The van der Waals surface area contributed by atoms with Crippen molar-refractivity contribution in [2.45, 2.75) is 6.92 Å². The van der Waals surface area contributed by atoms with Crippen molar-refractivity contribution in [3.8, 4) is 0 Å². The Balaban J connectivity index is 1.90. The predicted octanol–water partition coefficient (Wildman–Crippen LogP) is 1.09. The third kappa shape index (κ3) is 2.27. The van der Waals surface area contributed by atoms with E-state index in [1.807, 2.05) is 31.2 Å². The van der Waals surface area contributed by atoms with Gasteiger partial charge in [0.2, 0.25) is 5.91 Å². The Morgan fingerprint density at radius 3 is 2.85 bits per heavy atom. The van der Waals surface area contributed by atoms with Gasteiger partial charge in [-0.2, -0.15) is 0 Å². The standard InChI is InChI=1S/C15H20N2O3/c1-11-6-17(7-15(8-18)9-20-10-15)13-5-3-2-4-12(13)16-14(11)19/h2-5,11,18H,6-10H2,1H3,(H,16,19). The molecule has 2 heterocycles. The van der Waals surface area contributed by atoms with Crippen LogP contribution in [0.4, 0.5) is 11.4 Å². The molecular formula is C15H20N2O3. The number of aliphatic hydroxyl groups is 1. The molecule has 0 radical (unpaired) electrons. The Labute approximate surface area is 118 Å². The summed E-state index contributed by atoms with van der Waals surface area (Å²) in [5.74, 6) is -0.0398. The minimum absolute atomic E-state index is 0.0443. The van der Waals surface area contributed by atoms with Crippen LogP contribution in [-0.2, 0) is 9.53 Å². The molecule has 3 rings (SSSR count). The largest absolute Gasteiger partial charge is 0.396 e. The Hall–Kier alpha value is -1.59. The van der Waals surface area contributed by atoms with Crippen molar-refractivity contribution >= 4 is 17.3 Å². The lowest BCUT2D eigenvalue weighted by Crippen LogP contribution is -2.54. The molecule has 5 nitrogen and oxygen atoms in total. The molecule has 1 aromatic carbocycles. The molecule has 0 bridgehead atoms. The van der Waals surface area contributed by atoms with Gasteiger partial charge in [0.25, 0.3) is 0 Å². The van der Waals surface area contributed by atoms with Crippen molar-refractivity contribution in [1.29, 1.82) is 0 Å². The van der Waals surface area contributed by atoms with Crippen LogP contribution >= 0.6 is 0 Å². The maximum Gasteiger partial charge on any atom is 0.229 e. The van der Waals surface area contributed by atoms with Gasteiger partial charge >= 0.3 is 0 Å². The van der Waals surface area contributed by atoms with Gasteiger partial charge in [0.15, 0.2) is 0 Å². The molecule has 0 aromatic heterocycles. The molecule has 0 spiro atoms. The van der Waals surface area contributed by atoms with Crippen LogP contribution in [0.1, 0.15) is 6.92 Å². The average molecular weight is 276 g/mol. The van der Waals surface area contributed by atoms with Gasteiger partial charge in [0.05, 0.1) is 42.5 Å². The summed E-state index contributed by atoms with van der Waals surface area (Å²) in [6.07, 6.45) is 0. The molecule has 1 atom stereocenters. The highest BCUT2D eigenvalue weighted by Gasteiger charge is 2.41. The fraction of sp³-hybridized carbons (Fsp3) is 0.533. The van der Waals surface area contributed by atoms with Gasteiger partial charge in [-0.1, -0.05) is 19.1 Å². The molecule has 1 aromatic rings. The Morgan fingerprint density at radius 2 is 2.20 bits per heavy atom. The summed E-state index contributed by atoms with van der Waals surface area (Å²) in [6, 6.07) is 7.82. The van der Waals surface area contributed by atoms with Crippen LogP contribution in [-0.4, -0.2) is 43.9 Å². The smallest absolute Gasteiger partial charge is 0.229 e. The number of rotatable bonds is 3. The number of benzene rings is 1. The van der Waals surface area contributed by atoms with E-state index in [-0.39, 0.29) is 23.8 Å². The number of carbonyl (C=O) groups excluding carboxylic acids is 1. The normalized spacial score (nSPS) is 24.4. The Kier molecular flexibility index (Phi) is 3.40. The number of para-hydroxylation sites is 2. The molecule has 20 heavy (non-hydrogen) atoms. The Bertz CT molecular complexity index is 508. The van der Waals surface area contributed by atoms with Gasteiger partial charge < -0.3 is 20.1 Å². The lowest BCUT2D eigenvalue weighted by Gasteiger charge is -2.44. The van der Waals surface area contributed by atoms with Crippen molar-refractivity contribution in [3.63, 3.8) is 0 Å². The van der Waals surface area contributed by atoms with Gasteiger partial charge in [0.1, 0.15) is 0 Å². The summed E-state index contributed by atoms with van der Waals surface area (Å²) in [5.41, 5.74) is 1.67. The van der Waals surface area contributed by atoms with Crippen molar-refractivity contribution in [2.75, 3.05) is 43.1 Å². The molecule has 1 fully saturated rings. The molecule has 108 valence electrons. The lowest BCUT2D eigenvalue weighted by molar-refractivity contribution is -0.131. The van der Waals surface area contributed by atoms with E-state index in [0.29, 0.717) is 26.3 Å². The topological polar surface area (TPSA) is 61.8 Å². The highest BCUT2D eigenvalue weighted by atomic mass is 16.5. The van der Waals surface area contributed by atoms with E-state index in [4.69, 9.17) is 4.74 Å². The monoisotopic (exact) mass is 276 g/mol. The third-order valence-corrected chi connectivity index (χ3v) is 4.12. The summed E-state index contributed by atoms with van der Waals surface area (Å²) in [5, 5.41) is 12.6. The first-order valence-corrected chi connectivity index (χ1v) is 6.97. The number of amides is 1. The van der Waals surface area contributed by atoms with Gasteiger partial charge in [-0.25, -0.2) is 0 Å². The number of ether oxygens (including phenoxy) is 1. The van der Waals surface area contributed by atoms with E-state index < -0.39 is 0 Å². The van der Waals surface area contributed by atoms with Crippen LogP contribution in [0.2, 0.25) is 0 Å². The van der Waals surface area contributed by atoms with E-state index in [0.717, 1.165) is 11.4 Å². The molecule has 0 aliphatic carbocycles. The minimum Gasteiger partial charge on any atom is -0.396 e. The van der Waals surface area contributed by atoms with Gasteiger partial charge in [-0.05, 0) is 12.1 Å². The van der Waals surface area contributed by atoms with Crippen molar-refractivity contribution in [3.05, 3.63) is 24.3 Å². The molecular weight excluding hydrogens is 256 g/mol. The number of nitrogens with zero attached hydrogens (tertiary/aromatic N) is 1. The van der Waals surface area contributed by atoms with Crippen LogP contribution in [0.3, 0.4) is 0 Å². The number of hydrogen-bond acceptors (Lipinski definition) is 4. The van der Waals surface area contributed by atoms with Crippen LogP contribution in [0.5, 0.6) is 0 Å². The second kappa shape index (κ2) is 5.07. The van der Waals surface area contributed by atoms with Crippen LogP contribution in [0, 0.1) is 11.3 Å². The summed E-state index contributed by atoms with van der Waals surface area (Å²) < 4.78 is 5.27. The zero-order chi connectivity index (χ0) is 14.2. The van der Waals surface area contributed by atoms with E-state index >= 15 is 0 Å². The number of hydrogen-bond donors (Lipinski definition) is 2. The van der Waals surface area contributed by atoms with Crippen LogP contribution < -0.4 is 10.2 Å². The number of nitrogens with one attached hydrogen (secondary N) is 1. The Morgan fingerprint density at radius 1 is 1.45 bits per heavy atom. The second-order valence-electron chi connectivity index (χ2n) is 5.94. The molecule has 1 unspecified atom stereocenters. The van der Waals surface area contributed by atoms with Gasteiger partial charge in [-0.3, -0.25) is 4.79 Å². The number of fused-ring (bicyclic) bond motifs is 1. The van der Waals surface area contributed by atoms with Crippen molar-refractivity contribution in [2.24, 2.45) is 11.3 Å². The molecule has 1 amide bonds. The van der Waals surface area contributed by atoms with Gasteiger partial charge in [-0.15, -0.1) is 0 Å². The third-order valence-electron chi connectivity index (χ3n) is 4.12. The van der Waals surface area contributed by atoms with Crippen molar-refractivity contribution in [1.82, 2.24) is 0 Å². The number of carbonyl (C=O) groups is 1. The maximum absolute atomic E-state index is 12.0. The summed E-state index contributed by atoms with van der Waals surface area (Å²) >= 11 is 0. The molecule has 5 heteroatoms. The summed E-state index contributed by atoms with van der Waals surface area (Å²) in [6.45, 7) is 4.57. The molecule has 0 saturated carbocycles. The summed E-state index contributed by atoms with van der Waals surface area (Å²) in [4.78, 5) is 14.2.